The molecule has 1 unspecified atom stereocenters. The zero-order chi connectivity index (χ0) is 27.9. The molecule has 3 aromatic carbocycles. The predicted molar refractivity (Wildman–Crippen MR) is 168 cm³/mol. The predicted octanol–water partition coefficient (Wildman–Crippen LogP) is 5.31. The van der Waals surface area contributed by atoms with Crippen LogP contribution in [0.2, 0.25) is 10.0 Å². The second-order valence-electron chi connectivity index (χ2n) is 9.63. The highest BCUT2D eigenvalue weighted by atomic mass is 35.5. The highest BCUT2D eigenvalue weighted by molar-refractivity contribution is 6.39. The van der Waals surface area contributed by atoms with Gasteiger partial charge in [0.05, 0.1) is 22.3 Å². The second-order valence-corrected chi connectivity index (χ2v) is 10.4. The molecule has 0 saturated carbocycles. The molecule has 1 fully saturated rings. The van der Waals surface area contributed by atoms with Crippen LogP contribution >= 0.6 is 48.0 Å². The number of hydrogen-bond donors (Lipinski definition) is 2. The van der Waals surface area contributed by atoms with E-state index in [1.165, 1.54) is 24.3 Å². The third-order valence-corrected chi connectivity index (χ3v) is 7.61. The Hall–Kier alpha value is -2.50. The number of primary amides is 1. The molecule has 1 aliphatic heterocycles. The molecule has 5 N–H and O–H groups in total. The van der Waals surface area contributed by atoms with Crippen LogP contribution in [0.15, 0.2) is 66.7 Å². The Morgan fingerprint density at radius 3 is 1.93 bits per heavy atom. The maximum Gasteiger partial charge on any atom is 0.238 e. The van der Waals surface area contributed by atoms with E-state index in [4.69, 9.17) is 28.9 Å². The number of piperazine rings is 1. The number of amides is 2. The normalized spacial score (nSPS) is 15.2. The summed E-state index contributed by atoms with van der Waals surface area (Å²) in [5.74, 6) is -1.43. The molecule has 0 bridgehead atoms. The van der Waals surface area contributed by atoms with Crippen molar-refractivity contribution in [3.63, 3.8) is 0 Å². The van der Waals surface area contributed by atoms with Crippen LogP contribution in [-0.2, 0) is 9.59 Å². The number of nitrogens with two attached hydrogens (primary N) is 1. The number of nitrogens with one attached hydrogen (secondary N) is 1. The van der Waals surface area contributed by atoms with Crippen LogP contribution in [0.25, 0.3) is 0 Å². The molecule has 7 nitrogen and oxygen atoms in total. The van der Waals surface area contributed by atoms with Crippen molar-refractivity contribution < 1.29 is 23.8 Å². The summed E-state index contributed by atoms with van der Waals surface area (Å²) in [5.41, 5.74) is 7.96. The van der Waals surface area contributed by atoms with E-state index in [1.807, 2.05) is 9.80 Å². The lowest BCUT2D eigenvalue weighted by atomic mass is 9.87. The van der Waals surface area contributed by atoms with Gasteiger partial charge in [0.2, 0.25) is 11.8 Å². The summed E-state index contributed by atoms with van der Waals surface area (Å²) < 4.78 is 27.1. The average Bonchev–Trinajstić information content (AvgIpc) is 2.91. The van der Waals surface area contributed by atoms with Gasteiger partial charge in [-0.1, -0.05) is 53.5 Å². The Morgan fingerprint density at radius 1 is 0.905 bits per heavy atom. The maximum absolute atomic E-state index is 13.5. The summed E-state index contributed by atoms with van der Waals surface area (Å²) >= 11 is 12.3. The SMILES string of the molecule is Cl.Cl.NC(=O)C1CN(CC(=O)Nc2c(Cl)cccc2Cl)CCN1CCCC(c1ccc(F)cc1)c1ccc(F)cc1.O. The quantitative estimate of drug-likeness (QED) is 0.306. The number of carbonyl (C=O) groups excluding carboxylic acids is 2. The van der Waals surface area contributed by atoms with Gasteiger partial charge in [-0.05, 0) is 66.9 Å². The van der Waals surface area contributed by atoms with E-state index in [0.29, 0.717) is 48.3 Å². The van der Waals surface area contributed by atoms with Crippen molar-refractivity contribution in [2.75, 3.05) is 38.0 Å². The molecule has 0 aliphatic carbocycles. The van der Waals surface area contributed by atoms with Gasteiger partial charge in [0.15, 0.2) is 0 Å². The van der Waals surface area contributed by atoms with Crippen LogP contribution in [-0.4, -0.2) is 65.9 Å². The van der Waals surface area contributed by atoms with E-state index >= 15 is 0 Å². The minimum Gasteiger partial charge on any atom is -0.412 e. The van der Waals surface area contributed by atoms with Crippen molar-refractivity contribution in [3.05, 3.63) is 99.5 Å². The first-order valence-corrected chi connectivity index (χ1v) is 13.5. The Labute approximate surface area is 266 Å². The van der Waals surface area contributed by atoms with Gasteiger partial charge in [0.25, 0.3) is 0 Å². The molecule has 0 radical (unpaired) electrons. The molecule has 42 heavy (non-hydrogen) atoms. The largest absolute Gasteiger partial charge is 0.412 e. The van der Waals surface area contributed by atoms with Gasteiger partial charge in [-0.25, -0.2) is 8.78 Å². The molecule has 0 spiro atoms. The fourth-order valence-electron chi connectivity index (χ4n) is 4.97. The van der Waals surface area contributed by atoms with Gasteiger partial charge < -0.3 is 16.5 Å². The van der Waals surface area contributed by atoms with Crippen LogP contribution in [0.5, 0.6) is 0 Å². The third-order valence-electron chi connectivity index (χ3n) is 6.98. The van der Waals surface area contributed by atoms with Gasteiger partial charge in [-0.15, -0.1) is 24.8 Å². The van der Waals surface area contributed by atoms with Crippen molar-refractivity contribution in [2.45, 2.75) is 24.8 Å². The minimum absolute atomic E-state index is 0. The van der Waals surface area contributed by atoms with E-state index < -0.39 is 11.9 Å². The van der Waals surface area contributed by atoms with Gasteiger partial charge in [-0.2, -0.15) is 0 Å². The fourth-order valence-corrected chi connectivity index (χ4v) is 5.46. The summed E-state index contributed by atoms with van der Waals surface area (Å²) in [6, 6.07) is 17.1. The first-order chi connectivity index (χ1) is 18.7. The lowest BCUT2D eigenvalue weighted by Crippen LogP contribution is -2.59. The average molecular weight is 666 g/mol. The van der Waals surface area contributed by atoms with Crippen molar-refractivity contribution in [3.8, 4) is 0 Å². The number of anilines is 1. The first kappa shape index (κ1) is 37.5. The smallest absolute Gasteiger partial charge is 0.238 e. The Morgan fingerprint density at radius 2 is 1.43 bits per heavy atom. The monoisotopic (exact) mass is 664 g/mol. The molecule has 1 atom stereocenters. The highest BCUT2D eigenvalue weighted by Crippen LogP contribution is 2.31. The van der Waals surface area contributed by atoms with E-state index in [9.17, 15) is 18.4 Å². The van der Waals surface area contributed by atoms with Crippen molar-refractivity contribution in [1.82, 2.24) is 9.80 Å². The highest BCUT2D eigenvalue weighted by Gasteiger charge is 2.31. The molecule has 3 aromatic rings. The number of rotatable bonds is 10. The molecule has 0 aromatic heterocycles. The molecule has 230 valence electrons. The second kappa shape index (κ2) is 17.6. The summed E-state index contributed by atoms with van der Waals surface area (Å²) in [4.78, 5) is 28.9. The maximum atomic E-state index is 13.5. The molecule has 13 heteroatoms. The van der Waals surface area contributed by atoms with Gasteiger partial charge in [-0.3, -0.25) is 19.4 Å². The lowest BCUT2D eigenvalue weighted by Gasteiger charge is -2.39. The lowest BCUT2D eigenvalue weighted by molar-refractivity contribution is -0.127. The third kappa shape index (κ3) is 10.1. The van der Waals surface area contributed by atoms with Crippen LogP contribution in [0.1, 0.15) is 29.9 Å². The molecular formula is C29H34Cl4F2N4O3. The fraction of sp³-hybridized carbons (Fsp3) is 0.310. The minimum atomic E-state index is -0.550. The molecule has 1 heterocycles. The van der Waals surface area contributed by atoms with Crippen molar-refractivity contribution >= 4 is 65.5 Å². The Balaban J connectivity index is 0.00000294. The van der Waals surface area contributed by atoms with Crippen LogP contribution in [0, 0.1) is 11.6 Å². The van der Waals surface area contributed by atoms with Gasteiger partial charge in [0.1, 0.15) is 17.7 Å². The van der Waals surface area contributed by atoms with Crippen LogP contribution < -0.4 is 11.1 Å². The van der Waals surface area contributed by atoms with E-state index in [1.54, 1.807) is 42.5 Å². The molecule has 1 saturated heterocycles. The number of hydrogen-bond acceptors (Lipinski definition) is 4. The molecule has 4 rings (SSSR count). The molecular weight excluding hydrogens is 632 g/mol. The number of para-hydroxylation sites is 1. The van der Waals surface area contributed by atoms with Gasteiger partial charge in [0, 0.05) is 25.6 Å². The first-order valence-electron chi connectivity index (χ1n) is 12.7. The zero-order valence-electron chi connectivity index (χ0n) is 22.6. The van der Waals surface area contributed by atoms with Crippen LogP contribution in [0.4, 0.5) is 14.5 Å². The zero-order valence-corrected chi connectivity index (χ0v) is 25.7. The summed E-state index contributed by atoms with van der Waals surface area (Å²) in [6.07, 6.45) is 1.44. The summed E-state index contributed by atoms with van der Waals surface area (Å²) in [5, 5.41) is 3.43. The van der Waals surface area contributed by atoms with Crippen LogP contribution in [0.3, 0.4) is 0 Å². The Kier molecular flexibility index (Phi) is 15.7. The summed E-state index contributed by atoms with van der Waals surface area (Å²) in [6.45, 7) is 2.13. The van der Waals surface area contributed by atoms with E-state index in [2.05, 4.69) is 5.32 Å². The van der Waals surface area contributed by atoms with E-state index in [-0.39, 0.29) is 60.3 Å². The van der Waals surface area contributed by atoms with Gasteiger partial charge >= 0.3 is 0 Å². The molecule has 1 aliphatic rings. The number of nitrogens with zero attached hydrogens (tertiary/aromatic N) is 2. The number of carbonyl (C=O) groups is 2. The Bertz CT molecular complexity index is 1240. The standard InChI is InChI=1S/C29H30Cl2F2N4O2.2ClH.H2O/c30-24-4-1-5-25(31)28(24)35-27(38)18-36-15-16-37(26(17-36)29(34)39)14-2-3-23(19-6-10-21(32)11-7-19)20-8-12-22(33)13-9-20;;;/h1,4-13,23,26H,2-3,14-18H2,(H2,34,39)(H,35,38);2*1H;1H2. The molecule has 2 amide bonds. The van der Waals surface area contributed by atoms with Crippen molar-refractivity contribution in [2.24, 2.45) is 5.73 Å². The number of benzene rings is 3. The van der Waals surface area contributed by atoms with E-state index in [0.717, 1.165) is 17.5 Å². The number of halogens is 6. The summed E-state index contributed by atoms with van der Waals surface area (Å²) in [7, 11) is 0. The van der Waals surface area contributed by atoms with Crippen molar-refractivity contribution in [1.29, 1.82) is 0 Å². The topological polar surface area (TPSA) is 110 Å².